The Bertz CT molecular complexity index is 2310. The van der Waals surface area contributed by atoms with Gasteiger partial charge >= 0.3 is 13.8 Å². The number of halogens is 1. The van der Waals surface area contributed by atoms with Crippen LogP contribution in [-0.2, 0) is 53.8 Å². The van der Waals surface area contributed by atoms with Crippen LogP contribution in [0.1, 0.15) is 80.2 Å². The molecule has 1 saturated heterocycles. The Labute approximate surface area is 375 Å². The van der Waals surface area contributed by atoms with E-state index in [1.54, 1.807) is 30.4 Å². The number of hydrogen-bond acceptors (Lipinski definition) is 12. The number of carbonyl (C=O) groups excluding carboxylic acids is 5. The van der Waals surface area contributed by atoms with Crippen molar-refractivity contribution in [2.24, 2.45) is 28.6 Å². The fraction of sp³-hybridized carbons (Fsp3) is 0.535. The minimum absolute atomic E-state index is 0.0218. The number of carbonyl (C=O) groups is 6. The number of hydrogen-bond donors (Lipinski definition) is 7. The van der Waals surface area contributed by atoms with E-state index in [0.29, 0.717) is 36.9 Å². The second-order valence-electron chi connectivity index (χ2n) is 17.5. The minimum Gasteiger partial charge on any atom is -0.481 e. The Kier molecular flexibility index (Phi) is 13.6. The molecule has 3 saturated carbocycles. The normalized spacial score (nSPS) is 31.2. The number of ether oxygens (including phenoxy) is 2. The number of aliphatic hydroxyl groups excluding tert-OH is 1. The van der Waals surface area contributed by atoms with Gasteiger partial charge in [0.1, 0.15) is 12.6 Å². The lowest BCUT2D eigenvalue weighted by Crippen LogP contribution is -2.63. The molecule has 17 nitrogen and oxygen atoms in total. The molecule has 4 aliphatic carbocycles. The fourth-order valence-corrected chi connectivity index (χ4v) is 12.6. The van der Waals surface area contributed by atoms with E-state index in [1.165, 1.54) is 11.3 Å². The number of nitrogens with one attached hydrogen (secondary N) is 3. The van der Waals surface area contributed by atoms with Crippen LogP contribution in [0.4, 0.5) is 5.69 Å². The Morgan fingerprint density at radius 3 is 2.62 bits per heavy atom. The van der Waals surface area contributed by atoms with Gasteiger partial charge in [0, 0.05) is 45.7 Å². The van der Waals surface area contributed by atoms with Gasteiger partial charge in [-0.3, -0.25) is 33.3 Å². The summed E-state index contributed by atoms with van der Waals surface area (Å²) in [6.07, 6.45) is 4.02. The van der Waals surface area contributed by atoms with Crippen molar-refractivity contribution >= 4 is 76.0 Å². The third-order valence-electron chi connectivity index (χ3n) is 13.9. The predicted octanol–water partition coefficient (Wildman–Crippen LogP) is 4.17. The van der Waals surface area contributed by atoms with Gasteiger partial charge in [-0.1, -0.05) is 53.6 Å². The molecular weight excluding hydrogens is 925 g/mol. The zero-order valence-electron chi connectivity index (χ0n) is 34.8. The third-order valence-corrected chi connectivity index (χ3v) is 16.0. The average Bonchev–Trinajstić information content (AvgIpc) is 3.86. The number of thiophene rings is 1. The van der Waals surface area contributed by atoms with E-state index in [1.807, 2.05) is 38.3 Å². The van der Waals surface area contributed by atoms with E-state index >= 15 is 0 Å². The molecule has 7 rings (SSSR count). The molecule has 0 unspecified atom stereocenters. The first-order valence-electron chi connectivity index (χ1n) is 20.7. The molecule has 0 spiro atoms. The number of carboxylic acid groups (broad SMARTS) is 1. The van der Waals surface area contributed by atoms with Crippen molar-refractivity contribution in [3.05, 3.63) is 75.0 Å². The largest absolute Gasteiger partial charge is 0.481 e. The number of fused-ring (bicyclic) bond motifs is 7. The van der Waals surface area contributed by atoms with E-state index in [9.17, 15) is 53.3 Å². The van der Waals surface area contributed by atoms with Gasteiger partial charge in [-0.05, 0) is 91.7 Å². The van der Waals surface area contributed by atoms with Gasteiger partial charge in [-0.25, -0.2) is 4.57 Å². The van der Waals surface area contributed by atoms with Crippen LogP contribution in [0.5, 0.6) is 0 Å². The number of rotatable bonds is 16. The van der Waals surface area contributed by atoms with Crippen molar-refractivity contribution in [3.8, 4) is 0 Å². The lowest BCUT2D eigenvalue weighted by Gasteiger charge is -2.59. The molecule has 0 bridgehead atoms. The highest BCUT2D eigenvalue weighted by Crippen LogP contribution is 2.70. The average molecular weight is 977 g/mol. The van der Waals surface area contributed by atoms with Crippen molar-refractivity contribution in [1.82, 2.24) is 10.6 Å². The molecule has 1 aromatic carbocycles. The number of Topliss-reactive ketones (excluding diaryl/α,β-unsaturated/α-hetero) is 1. The molecule has 2 heterocycles. The highest BCUT2D eigenvalue weighted by molar-refractivity contribution is 9.09. The number of ketones is 2. The summed E-state index contributed by atoms with van der Waals surface area (Å²) in [7, 11) is -5.05. The van der Waals surface area contributed by atoms with E-state index in [2.05, 4.69) is 31.9 Å². The second-order valence-corrected chi connectivity index (χ2v) is 20.3. The summed E-state index contributed by atoms with van der Waals surface area (Å²) >= 11 is 4.42. The highest BCUT2D eigenvalue weighted by Gasteiger charge is 2.76. The molecule has 7 N–H and O–H groups in total. The monoisotopic (exact) mass is 975 g/mol. The Hall–Kier alpha value is -3.91. The van der Waals surface area contributed by atoms with Crippen molar-refractivity contribution in [2.75, 3.05) is 23.8 Å². The number of phosphoric acid groups is 1. The standard InChI is InChI=1S/C43H51BrN3O14PS/c1-22-28(21-63-32(22)14-23-5-4-6-25(13-23)46-39(55)30(9-10-37(53)54)47-36(52)19-45-35(51)18-44)40-60-34-16-29-27-8-7-24-15-26(48)11-12-41(24,2)38(27)31(49)17-42(29,3)43(34,61-40)33(50)20-59-62(56,57)58/h4-6,11-13,15,21,27,29-31,34,38,40,49H,7-10,14,16-20H2,1-3H3,(H,45,51)(H,46,55)(H,47,52)(H,53,54)(H2,56,57,58)/t27-,29-,30-,31-,34+,38+,40+,41-,42-,43+/m0/s1. The zero-order chi connectivity index (χ0) is 45.6. The maximum atomic E-state index is 14.5. The van der Waals surface area contributed by atoms with Crippen LogP contribution in [-0.4, -0.2) is 97.6 Å². The molecule has 2 aromatic rings. The van der Waals surface area contributed by atoms with Gasteiger partial charge in [-0.15, -0.1) is 11.3 Å². The molecule has 1 aromatic heterocycles. The Balaban J connectivity index is 1.10. The van der Waals surface area contributed by atoms with E-state index in [-0.39, 0.29) is 48.1 Å². The summed E-state index contributed by atoms with van der Waals surface area (Å²) in [5.41, 5.74) is 0.348. The van der Waals surface area contributed by atoms with Gasteiger partial charge in [0.15, 0.2) is 23.5 Å². The molecule has 1 aliphatic heterocycles. The first-order valence-corrected chi connectivity index (χ1v) is 24.2. The summed E-state index contributed by atoms with van der Waals surface area (Å²) in [4.78, 5) is 95.6. The first kappa shape index (κ1) is 47.1. The summed E-state index contributed by atoms with van der Waals surface area (Å²) in [6, 6.07) is 5.81. The maximum absolute atomic E-state index is 14.5. The molecule has 10 atom stereocenters. The summed E-state index contributed by atoms with van der Waals surface area (Å²) in [5, 5.41) is 30.8. The van der Waals surface area contributed by atoms with E-state index in [4.69, 9.17) is 14.0 Å². The van der Waals surface area contributed by atoms with Crippen molar-refractivity contribution < 1.29 is 67.3 Å². The van der Waals surface area contributed by atoms with Gasteiger partial charge in [0.2, 0.25) is 17.7 Å². The van der Waals surface area contributed by atoms with Crippen LogP contribution in [0, 0.1) is 35.5 Å². The van der Waals surface area contributed by atoms with Crippen LogP contribution in [0.3, 0.4) is 0 Å². The van der Waals surface area contributed by atoms with Crippen LogP contribution >= 0.6 is 35.1 Å². The van der Waals surface area contributed by atoms with Crippen molar-refractivity contribution in [1.29, 1.82) is 0 Å². The fourth-order valence-electron chi connectivity index (χ4n) is 11.0. The molecule has 3 amide bonds. The molecule has 20 heteroatoms. The molecule has 63 heavy (non-hydrogen) atoms. The van der Waals surface area contributed by atoms with Gasteiger partial charge in [-0.2, -0.15) is 0 Å². The van der Waals surface area contributed by atoms with Crippen molar-refractivity contribution in [2.45, 2.75) is 95.9 Å². The number of aliphatic hydroxyl groups is 1. The lowest BCUT2D eigenvalue weighted by atomic mass is 9.46. The number of carboxylic acids is 1. The topological polar surface area (TPSA) is 264 Å². The van der Waals surface area contributed by atoms with Gasteiger partial charge in [0.25, 0.3) is 0 Å². The Morgan fingerprint density at radius 1 is 1.14 bits per heavy atom. The summed E-state index contributed by atoms with van der Waals surface area (Å²) in [6.45, 7) is 4.51. The number of allylic oxidation sites excluding steroid dienone is 4. The number of benzene rings is 1. The second kappa shape index (κ2) is 18.2. The quantitative estimate of drug-likeness (QED) is 0.0921. The van der Waals surface area contributed by atoms with Crippen LogP contribution in [0.25, 0.3) is 0 Å². The number of anilines is 1. The van der Waals surface area contributed by atoms with Crippen molar-refractivity contribution in [3.63, 3.8) is 0 Å². The van der Waals surface area contributed by atoms with Crippen LogP contribution < -0.4 is 16.0 Å². The maximum Gasteiger partial charge on any atom is 0.470 e. The summed E-state index contributed by atoms with van der Waals surface area (Å²) < 4.78 is 30.2. The van der Waals surface area contributed by atoms with Gasteiger partial charge in [0.05, 0.1) is 24.1 Å². The number of alkyl halides is 1. The molecule has 0 radical (unpaired) electrons. The van der Waals surface area contributed by atoms with E-state index < -0.39 is 91.4 Å². The predicted molar refractivity (Wildman–Crippen MR) is 230 cm³/mol. The van der Waals surface area contributed by atoms with E-state index in [0.717, 1.165) is 21.6 Å². The Morgan fingerprint density at radius 2 is 1.90 bits per heavy atom. The zero-order valence-corrected chi connectivity index (χ0v) is 38.1. The molecule has 5 aliphatic rings. The minimum atomic E-state index is -5.05. The van der Waals surface area contributed by atoms with Crippen LogP contribution in [0.15, 0.2) is 53.4 Å². The van der Waals surface area contributed by atoms with Gasteiger partial charge < -0.3 is 45.4 Å². The number of amides is 3. The van der Waals surface area contributed by atoms with Crippen LogP contribution in [0.2, 0.25) is 0 Å². The lowest BCUT2D eigenvalue weighted by molar-refractivity contribution is -0.201. The smallest absolute Gasteiger partial charge is 0.470 e. The molecular formula is C43H51BrN3O14PS. The number of aliphatic carboxylic acids is 1. The SMILES string of the molecule is Cc1c([C@@H]2O[C@@H]3C[C@H]4[C@@H]5CCC6=CC(=O)C=C[C@]6(C)[C@H]5[C@@H](O)C[C@]4(C)[C@]3(C(=O)COP(=O)(O)O)O2)csc1Cc1cccc(NC(=O)[C@H](CCC(=O)O)NC(=O)CNC(=O)CBr)c1. The molecule has 4 fully saturated rings. The third kappa shape index (κ3) is 9.18. The first-order chi connectivity index (χ1) is 29.7. The molecule has 340 valence electrons. The number of phosphoric ester groups is 1. The highest BCUT2D eigenvalue weighted by atomic mass is 79.9. The summed E-state index contributed by atoms with van der Waals surface area (Å²) in [5.74, 6) is -4.17.